The van der Waals surface area contributed by atoms with Gasteiger partial charge in [-0.05, 0) is 68.0 Å². The van der Waals surface area contributed by atoms with Gasteiger partial charge in [0.05, 0.1) is 16.8 Å². The van der Waals surface area contributed by atoms with Gasteiger partial charge in [-0.25, -0.2) is 4.68 Å². The van der Waals surface area contributed by atoms with Gasteiger partial charge in [-0.3, -0.25) is 9.78 Å². The van der Waals surface area contributed by atoms with Crippen molar-refractivity contribution >= 4 is 22.4 Å². The van der Waals surface area contributed by atoms with E-state index in [2.05, 4.69) is 15.1 Å². The van der Waals surface area contributed by atoms with E-state index in [1.54, 1.807) is 12.4 Å². The number of benzene rings is 2. The highest BCUT2D eigenvalue weighted by Gasteiger charge is 2.16. The van der Waals surface area contributed by atoms with Gasteiger partial charge < -0.3 is 4.74 Å². The van der Waals surface area contributed by atoms with E-state index in [1.165, 1.54) is 15.9 Å². The second kappa shape index (κ2) is 9.44. The highest BCUT2D eigenvalue weighted by Crippen LogP contribution is 2.30. The molecule has 2 aromatic carbocycles. The molecule has 4 heterocycles. The maximum Gasteiger partial charge on any atom is 0.291 e. The normalized spacial score (nSPS) is 11.9. The second-order valence-corrected chi connectivity index (χ2v) is 9.41. The summed E-state index contributed by atoms with van der Waals surface area (Å²) in [5, 5.41) is 9.35. The fourth-order valence-electron chi connectivity index (χ4n) is 4.17. The lowest BCUT2D eigenvalue weighted by Gasteiger charge is -2.08. The predicted octanol–water partition coefficient (Wildman–Crippen LogP) is 4.32. The standard InChI is InChI=1S/C28H22N6O2S/c1-3-36-22-9-10-23(18(2)15-22)25-20(17-33(31-25)21-7-5-4-6-8-21)16-24-27(35)34-28(37-24)30-26(32-34)19-11-13-29-14-12-19/h4-17H,3H2,1-2H3/b24-16-. The van der Waals surface area contributed by atoms with Crippen molar-refractivity contribution in [2.45, 2.75) is 13.8 Å². The largest absolute Gasteiger partial charge is 0.494 e. The number of thiazole rings is 1. The Morgan fingerprint density at radius 1 is 1.03 bits per heavy atom. The third kappa shape index (κ3) is 4.30. The summed E-state index contributed by atoms with van der Waals surface area (Å²) in [5.74, 6) is 1.31. The average molecular weight is 507 g/mol. The zero-order valence-electron chi connectivity index (χ0n) is 20.2. The first-order chi connectivity index (χ1) is 18.1. The van der Waals surface area contributed by atoms with Gasteiger partial charge in [0.25, 0.3) is 5.56 Å². The summed E-state index contributed by atoms with van der Waals surface area (Å²) >= 11 is 1.31. The molecule has 0 spiro atoms. The highest BCUT2D eigenvalue weighted by atomic mass is 32.1. The molecule has 0 N–H and O–H groups in total. The molecule has 4 aromatic heterocycles. The van der Waals surface area contributed by atoms with E-state index in [-0.39, 0.29) is 5.56 Å². The number of ether oxygens (including phenoxy) is 1. The number of hydrogen-bond acceptors (Lipinski definition) is 7. The number of pyridine rings is 1. The first kappa shape index (κ1) is 22.8. The number of aryl methyl sites for hydroxylation is 1. The van der Waals surface area contributed by atoms with Gasteiger partial charge in [-0.1, -0.05) is 29.5 Å². The molecule has 0 unspecified atom stereocenters. The van der Waals surface area contributed by atoms with Gasteiger partial charge in [0.1, 0.15) is 11.4 Å². The minimum Gasteiger partial charge on any atom is -0.494 e. The summed E-state index contributed by atoms with van der Waals surface area (Å²) in [6, 6.07) is 19.5. The summed E-state index contributed by atoms with van der Waals surface area (Å²) in [4.78, 5) is 22.4. The Balaban J connectivity index is 1.49. The zero-order valence-corrected chi connectivity index (χ0v) is 21.0. The van der Waals surface area contributed by atoms with Gasteiger partial charge in [0, 0.05) is 35.3 Å². The van der Waals surface area contributed by atoms with Gasteiger partial charge in [-0.2, -0.15) is 14.6 Å². The zero-order chi connectivity index (χ0) is 25.4. The van der Waals surface area contributed by atoms with Crippen molar-refractivity contribution < 1.29 is 4.74 Å². The Hall–Kier alpha value is -4.63. The Morgan fingerprint density at radius 2 is 1.84 bits per heavy atom. The first-order valence-corrected chi connectivity index (χ1v) is 12.6. The SMILES string of the molecule is CCOc1ccc(-c2nn(-c3ccccc3)cc2/C=c2\sc3nc(-c4ccncc4)nn3c2=O)c(C)c1. The number of fused-ring (bicyclic) bond motifs is 1. The topological polar surface area (TPSA) is 87.2 Å². The second-order valence-electron chi connectivity index (χ2n) is 8.40. The molecule has 182 valence electrons. The molecule has 0 saturated heterocycles. The van der Waals surface area contributed by atoms with E-state index in [0.717, 1.165) is 39.4 Å². The Kier molecular flexibility index (Phi) is 5.82. The number of aromatic nitrogens is 6. The monoisotopic (exact) mass is 506 g/mol. The summed E-state index contributed by atoms with van der Waals surface area (Å²) < 4.78 is 9.39. The van der Waals surface area contributed by atoms with E-state index >= 15 is 0 Å². The number of hydrogen-bond donors (Lipinski definition) is 0. The van der Waals surface area contributed by atoms with Crippen LogP contribution in [0.5, 0.6) is 5.75 Å². The minimum absolute atomic E-state index is 0.213. The molecule has 0 atom stereocenters. The molecule has 0 amide bonds. The van der Waals surface area contributed by atoms with Crippen molar-refractivity contribution in [1.82, 2.24) is 29.4 Å². The van der Waals surface area contributed by atoms with Crippen molar-refractivity contribution in [3.8, 4) is 34.1 Å². The van der Waals surface area contributed by atoms with Crippen LogP contribution >= 0.6 is 11.3 Å². The molecule has 6 aromatic rings. The molecule has 0 aliphatic rings. The minimum atomic E-state index is -0.213. The lowest BCUT2D eigenvalue weighted by Crippen LogP contribution is -2.23. The van der Waals surface area contributed by atoms with E-state index in [9.17, 15) is 4.79 Å². The quantitative estimate of drug-likeness (QED) is 0.334. The fourth-order valence-corrected chi connectivity index (χ4v) is 5.07. The number of nitrogens with zero attached hydrogens (tertiary/aromatic N) is 6. The van der Waals surface area contributed by atoms with Crippen LogP contribution in [0.2, 0.25) is 0 Å². The van der Waals surface area contributed by atoms with Gasteiger partial charge in [0.15, 0.2) is 5.82 Å². The van der Waals surface area contributed by atoms with Crippen molar-refractivity contribution in [1.29, 1.82) is 0 Å². The summed E-state index contributed by atoms with van der Waals surface area (Å²) in [6.07, 6.45) is 7.17. The van der Waals surface area contributed by atoms with Crippen LogP contribution in [0.15, 0.2) is 84.0 Å². The number of rotatable bonds is 6. The number of para-hydroxylation sites is 1. The average Bonchev–Trinajstić information content (AvgIpc) is 3.61. The summed E-state index contributed by atoms with van der Waals surface area (Å²) in [5.41, 5.74) is 5.14. The molecule has 0 saturated carbocycles. The maximum absolute atomic E-state index is 13.3. The summed E-state index contributed by atoms with van der Waals surface area (Å²) in [6.45, 7) is 4.60. The Bertz CT molecular complexity index is 1820. The van der Waals surface area contributed by atoms with Crippen LogP contribution in [0.4, 0.5) is 0 Å². The molecule has 6 rings (SSSR count). The van der Waals surface area contributed by atoms with Crippen LogP contribution in [0.1, 0.15) is 18.1 Å². The van der Waals surface area contributed by atoms with Crippen molar-refractivity contribution in [3.63, 3.8) is 0 Å². The Labute approximate surface area is 216 Å². The summed E-state index contributed by atoms with van der Waals surface area (Å²) in [7, 11) is 0. The molecule has 0 aliphatic carbocycles. The third-order valence-electron chi connectivity index (χ3n) is 5.93. The fraction of sp³-hybridized carbons (Fsp3) is 0.107. The van der Waals surface area contributed by atoms with Gasteiger partial charge in [0.2, 0.25) is 4.96 Å². The third-order valence-corrected chi connectivity index (χ3v) is 6.89. The molecule has 0 bridgehead atoms. The molecular formula is C28H22N6O2S. The van der Waals surface area contributed by atoms with Crippen LogP contribution in [0.25, 0.3) is 39.4 Å². The lowest BCUT2D eigenvalue weighted by atomic mass is 10.0. The van der Waals surface area contributed by atoms with Crippen LogP contribution in [-0.2, 0) is 0 Å². The Morgan fingerprint density at radius 3 is 2.57 bits per heavy atom. The molecule has 9 heteroatoms. The molecule has 8 nitrogen and oxygen atoms in total. The molecule has 0 fully saturated rings. The lowest BCUT2D eigenvalue weighted by molar-refractivity contribution is 0.340. The van der Waals surface area contributed by atoms with E-state index in [0.29, 0.717) is 21.9 Å². The smallest absolute Gasteiger partial charge is 0.291 e. The molecule has 37 heavy (non-hydrogen) atoms. The highest BCUT2D eigenvalue weighted by molar-refractivity contribution is 7.15. The van der Waals surface area contributed by atoms with Crippen molar-refractivity contribution in [2.75, 3.05) is 6.61 Å². The first-order valence-electron chi connectivity index (χ1n) is 11.8. The van der Waals surface area contributed by atoms with Crippen molar-refractivity contribution in [3.05, 3.63) is 105 Å². The van der Waals surface area contributed by atoms with Crippen LogP contribution in [0.3, 0.4) is 0 Å². The van der Waals surface area contributed by atoms with Crippen LogP contribution in [0, 0.1) is 6.92 Å². The predicted molar refractivity (Wildman–Crippen MR) is 144 cm³/mol. The van der Waals surface area contributed by atoms with E-state index < -0.39 is 0 Å². The van der Waals surface area contributed by atoms with E-state index in [1.807, 2.05) is 91.5 Å². The molecular weight excluding hydrogens is 484 g/mol. The van der Waals surface area contributed by atoms with E-state index in [4.69, 9.17) is 9.84 Å². The van der Waals surface area contributed by atoms with Crippen LogP contribution in [-0.4, -0.2) is 36.0 Å². The maximum atomic E-state index is 13.3. The molecule has 0 aliphatic heterocycles. The van der Waals surface area contributed by atoms with Gasteiger partial charge in [-0.15, -0.1) is 5.10 Å². The van der Waals surface area contributed by atoms with Crippen LogP contribution < -0.4 is 14.8 Å². The van der Waals surface area contributed by atoms with Crippen molar-refractivity contribution in [2.24, 2.45) is 0 Å². The van der Waals surface area contributed by atoms with Gasteiger partial charge >= 0.3 is 0 Å². The molecule has 0 radical (unpaired) electrons.